The molecule has 2 aromatic heterocycles. The molecule has 3 aromatic carbocycles. The van der Waals surface area contributed by atoms with Crippen molar-refractivity contribution < 1.29 is 13.9 Å². The Bertz CT molecular complexity index is 1380. The Kier molecular flexibility index (Phi) is 5.55. The first-order valence-corrected chi connectivity index (χ1v) is 10.6. The maximum Gasteiger partial charge on any atom is 0.255 e. The molecule has 0 aliphatic rings. The number of hydrogen-bond acceptors (Lipinski definition) is 5. The molecule has 1 amide bonds. The summed E-state index contributed by atoms with van der Waals surface area (Å²) in [5.41, 5.74) is 5.15. The first-order chi connectivity index (χ1) is 16.2. The first-order valence-electron chi connectivity index (χ1n) is 10.6. The molecule has 6 nitrogen and oxygen atoms in total. The Morgan fingerprint density at radius 3 is 2.55 bits per heavy atom. The molecular formula is C27H21N3O3. The summed E-state index contributed by atoms with van der Waals surface area (Å²) < 4.78 is 11.6. The lowest BCUT2D eigenvalue weighted by Gasteiger charge is -2.11. The van der Waals surface area contributed by atoms with Crippen molar-refractivity contribution in [1.82, 2.24) is 9.97 Å². The lowest BCUT2D eigenvalue weighted by molar-refractivity contribution is 0.102. The number of pyridine rings is 1. The van der Waals surface area contributed by atoms with E-state index in [4.69, 9.17) is 9.15 Å². The lowest BCUT2D eigenvalue weighted by atomic mass is 10.1. The smallest absolute Gasteiger partial charge is 0.255 e. The first kappa shape index (κ1) is 20.5. The number of rotatable bonds is 6. The average molecular weight is 435 g/mol. The minimum Gasteiger partial charge on any atom is -0.489 e. The van der Waals surface area contributed by atoms with Crippen LogP contribution in [0.1, 0.15) is 21.5 Å². The second-order valence-corrected chi connectivity index (χ2v) is 7.58. The topological polar surface area (TPSA) is 77.2 Å². The zero-order valence-corrected chi connectivity index (χ0v) is 18.0. The number of hydrogen-bond donors (Lipinski definition) is 1. The van der Waals surface area contributed by atoms with E-state index < -0.39 is 0 Å². The quantitative estimate of drug-likeness (QED) is 0.352. The minimum atomic E-state index is -0.205. The molecule has 6 heteroatoms. The Morgan fingerprint density at radius 2 is 1.76 bits per heavy atom. The van der Waals surface area contributed by atoms with E-state index in [1.807, 2.05) is 61.5 Å². The number of aromatic nitrogens is 2. The van der Waals surface area contributed by atoms with Crippen molar-refractivity contribution in [2.24, 2.45) is 0 Å². The van der Waals surface area contributed by atoms with E-state index >= 15 is 0 Å². The number of carbonyl (C=O) groups excluding carboxylic acids is 1. The molecule has 0 saturated heterocycles. The van der Waals surface area contributed by atoms with Crippen LogP contribution in [0.2, 0.25) is 0 Å². The van der Waals surface area contributed by atoms with E-state index in [1.165, 1.54) is 0 Å². The highest BCUT2D eigenvalue weighted by Gasteiger charge is 2.15. The van der Waals surface area contributed by atoms with Gasteiger partial charge in [-0.05, 0) is 66.6 Å². The van der Waals surface area contributed by atoms with Gasteiger partial charge < -0.3 is 14.5 Å². The lowest BCUT2D eigenvalue weighted by Crippen LogP contribution is -2.13. The number of carbonyl (C=O) groups is 1. The van der Waals surface area contributed by atoms with E-state index in [2.05, 4.69) is 15.3 Å². The van der Waals surface area contributed by atoms with Crippen LogP contribution in [-0.4, -0.2) is 15.9 Å². The van der Waals surface area contributed by atoms with Gasteiger partial charge in [0, 0.05) is 23.0 Å². The standard InChI is InChI=1S/C27H21N3O3/c1-18-22(27-30-25-24(33-27)11-6-16-28-25)9-5-10-23(18)29-26(31)20-12-14-21(15-13-20)32-17-19-7-3-2-4-8-19/h2-16H,17H2,1H3,(H,29,31). The number of nitrogens with zero attached hydrogens (tertiary/aromatic N) is 2. The summed E-state index contributed by atoms with van der Waals surface area (Å²) in [4.78, 5) is 21.5. The fourth-order valence-corrected chi connectivity index (χ4v) is 3.52. The number of amides is 1. The molecule has 0 aliphatic heterocycles. The third-order valence-corrected chi connectivity index (χ3v) is 5.34. The second-order valence-electron chi connectivity index (χ2n) is 7.58. The third-order valence-electron chi connectivity index (χ3n) is 5.34. The van der Waals surface area contributed by atoms with E-state index in [9.17, 15) is 4.79 Å². The van der Waals surface area contributed by atoms with E-state index in [1.54, 1.807) is 36.5 Å². The molecule has 33 heavy (non-hydrogen) atoms. The predicted molar refractivity (Wildman–Crippen MR) is 127 cm³/mol. The van der Waals surface area contributed by atoms with Crippen LogP contribution in [0.5, 0.6) is 5.75 Å². The van der Waals surface area contributed by atoms with Gasteiger partial charge in [0.05, 0.1) is 0 Å². The number of ether oxygens (including phenoxy) is 1. The number of fused-ring (bicyclic) bond motifs is 1. The molecule has 0 unspecified atom stereocenters. The maximum absolute atomic E-state index is 12.8. The van der Waals surface area contributed by atoms with Crippen LogP contribution < -0.4 is 10.1 Å². The summed E-state index contributed by atoms with van der Waals surface area (Å²) in [6.07, 6.45) is 1.68. The molecule has 2 heterocycles. The third kappa shape index (κ3) is 4.45. The fourth-order valence-electron chi connectivity index (χ4n) is 3.52. The molecule has 0 bridgehead atoms. The van der Waals surface area contributed by atoms with Crippen LogP contribution >= 0.6 is 0 Å². The molecule has 0 saturated carbocycles. The second kappa shape index (κ2) is 8.96. The molecular weight excluding hydrogens is 414 g/mol. The Labute approximate surface area is 190 Å². The van der Waals surface area contributed by atoms with Crippen LogP contribution in [-0.2, 0) is 6.61 Å². The Hall–Kier alpha value is -4.45. The van der Waals surface area contributed by atoms with Crippen molar-refractivity contribution in [1.29, 1.82) is 0 Å². The SMILES string of the molecule is Cc1c(NC(=O)c2ccc(OCc3ccccc3)cc2)cccc1-c1nc2ncccc2o1. The van der Waals surface area contributed by atoms with Crippen molar-refractivity contribution in [3.8, 4) is 17.2 Å². The Morgan fingerprint density at radius 1 is 0.939 bits per heavy atom. The Balaban J connectivity index is 1.30. The van der Waals surface area contributed by atoms with Crippen molar-refractivity contribution in [2.75, 3.05) is 5.32 Å². The number of oxazole rings is 1. The van der Waals surface area contributed by atoms with Crippen molar-refractivity contribution in [2.45, 2.75) is 13.5 Å². The molecule has 5 rings (SSSR count). The van der Waals surface area contributed by atoms with Gasteiger partial charge in [0.2, 0.25) is 5.89 Å². The van der Waals surface area contributed by atoms with Gasteiger partial charge >= 0.3 is 0 Å². The summed E-state index contributed by atoms with van der Waals surface area (Å²) in [5.74, 6) is 0.972. The van der Waals surface area contributed by atoms with Gasteiger partial charge in [0.1, 0.15) is 12.4 Å². The molecule has 0 fully saturated rings. The maximum atomic E-state index is 12.8. The predicted octanol–water partition coefficient (Wildman–Crippen LogP) is 6.03. The highest BCUT2D eigenvalue weighted by Crippen LogP contribution is 2.30. The summed E-state index contributed by atoms with van der Waals surface area (Å²) >= 11 is 0. The summed E-state index contributed by atoms with van der Waals surface area (Å²) in [6, 6.07) is 26.3. The molecule has 0 radical (unpaired) electrons. The van der Waals surface area contributed by atoms with Gasteiger partial charge in [-0.3, -0.25) is 4.79 Å². The number of anilines is 1. The zero-order valence-electron chi connectivity index (χ0n) is 18.0. The van der Waals surface area contributed by atoms with Crippen LogP contribution in [0.4, 0.5) is 5.69 Å². The zero-order chi connectivity index (χ0) is 22.6. The molecule has 0 aliphatic carbocycles. The summed E-state index contributed by atoms with van der Waals surface area (Å²) in [6.45, 7) is 2.40. The number of nitrogens with one attached hydrogen (secondary N) is 1. The summed E-state index contributed by atoms with van der Waals surface area (Å²) in [5, 5.41) is 2.98. The minimum absolute atomic E-state index is 0.205. The monoisotopic (exact) mass is 435 g/mol. The number of benzene rings is 3. The van der Waals surface area contributed by atoms with Crippen molar-refractivity contribution >= 4 is 22.8 Å². The van der Waals surface area contributed by atoms with Crippen LogP contribution in [0.3, 0.4) is 0 Å². The van der Waals surface area contributed by atoms with Gasteiger partial charge in [-0.25, -0.2) is 4.98 Å². The molecule has 0 atom stereocenters. The van der Waals surface area contributed by atoms with E-state index in [-0.39, 0.29) is 5.91 Å². The molecule has 0 spiro atoms. The van der Waals surface area contributed by atoms with E-state index in [0.717, 1.165) is 16.7 Å². The van der Waals surface area contributed by atoms with Gasteiger partial charge in [-0.2, -0.15) is 4.98 Å². The average Bonchev–Trinajstić information content (AvgIpc) is 3.29. The highest BCUT2D eigenvalue weighted by atomic mass is 16.5. The van der Waals surface area contributed by atoms with Crippen molar-refractivity contribution in [3.05, 3.63) is 108 Å². The van der Waals surface area contributed by atoms with Crippen LogP contribution in [0.15, 0.2) is 95.5 Å². The van der Waals surface area contributed by atoms with E-state index in [0.29, 0.717) is 40.7 Å². The van der Waals surface area contributed by atoms with Crippen LogP contribution in [0.25, 0.3) is 22.7 Å². The van der Waals surface area contributed by atoms with Gasteiger partial charge in [0.15, 0.2) is 11.2 Å². The normalized spacial score (nSPS) is 10.8. The fraction of sp³-hybridized carbons (Fsp3) is 0.0741. The summed E-state index contributed by atoms with van der Waals surface area (Å²) in [7, 11) is 0. The molecule has 162 valence electrons. The van der Waals surface area contributed by atoms with Crippen LogP contribution in [0, 0.1) is 6.92 Å². The van der Waals surface area contributed by atoms with Gasteiger partial charge in [-0.15, -0.1) is 0 Å². The highest BCUT2D eigenvalue weighted by molar-refractivity contribution is 6.05. The molecule has 5 aromatic rings. The van der Waals surface area contributed by atoms with Gasteiger partial charge in [0.25, 0.3) is 5.91 Å². The molecule has 1 N–H and O–H groups in total. The largest absolute Gasteiger partial charge is 0.489 e. The van der Waals surface area contributed by atoms with Gasteiger partial charge in [-0.1, -0.05) is 36.4 Å². The van der Waals surface area contributed by atoms with Crippen molar-refractivity contribution in [3.63, 3.8) is 0 Å².